The van der Waals surface area contributed by atoms with Gasteiger partial charge in [-0.2, -0.15) is 9.61 Å². The molecule has 0 unspecified atom stereocenters. The lowest BCUT2D eigenvalue weighted by Gasteiger charge is -2.08. The highest BCUT2D eigenvalue weighted by Crippen LogP contribution is 2.26. The van der Waals surface area contributed by atoms with Crippen LogP contribution in [-0.4, -0.2) is 25.7 Å². The predicted octanol–water partition coefficient (Wildman–Crippen LogP) is 5.27. The van der Waals surface area contributed by atoms with Crippen LogP contribution in [0.2, 0.25) is 0 Å². The van der Waals surface area contributed by atoms with Crippen molar-refractivity contribution in [1.82, 2.24) is 19.8 Å². The molecule has 2 heterocycles. The second-order valence-corrected chi connectivity index (χ2v) is 7.85. The number of rotatable bonds is 3. The zero-order chi connectivity index (χ0) is 20.7. The molecule has 1 amide bonds. The fraction of sp³-hybridized carbons (Fsp3) is 0.0435. The molecule has 6 nitrogen and oxygen atoms in total. The van der Waals surface area contributed by atoms with E-state index in [1.54, 1.807) is 16.6 Å². The average molecular weight is 458 g/mol. The first kappa shape index (κ1) is 18.4. The van der Waals surface area contributed by atoms with E-state index in [9.17, 15) is 4.79 Å². The van der Waals surface area contributed by atoms with Gasteiger partial charge in [0, 0.05) is 32.1 Å². The number of aromatic nitrogens is 4. The van der Waals surface area contributed by atoms with Crippen molar-refractivity contribution < 1.29 is 4.79 Å². The van der Waals surface area contributed by atoms with Crippen LogP contribution in [0.5, 0.6) is 0 Å². The molecule has 0 saturated carbocycles. The summed E-state index contributed by atoms with van der Waals surface area (Å²) in [6.07, 6.45) is 0. The Balaban J connectivity index is 1.54. The number of benzene rings is 3. The van der Waals surface area contributed by atoms with Gasteiger partial charge in [-0.25, -0.2) is 0 Å². The summed E-state index contributed by atoms with van der Waals surface area (Å²) in [6.45, 7) is 1.97. The minimum atomic E-state index is -0.181. The third-order valence-corrected chi connectivity index (χ3v) is 5.41. The zero-order valence-electron chi connectivity index (χ0n) is 16.0. The van der Waals surface area contributed by atoms with Crippen molar-refractivity contribution in [3.05, 3.63) is 88.5 Å². The third-order valence-electron chi connectivity index (χ3n) is 4.91. The maximum Gasteiger partial charge on any atom is 0.255 e. The molecule has 0 aliphatic carbocycles. The van der Waals surface area contributed by atoms with E-state index in [1.165, 1.54) is 0 Å². The third kappa shape index (κ3) is 3.23. The summed E-state index contributed by atoms with van der Waals surface area (Å²) in [5, 5.41) is 18.4. The number of nitrogens with one attached hydrogen (secondary N) is 1. The van der Waals surface area contributed by atoms with Gasteiger partial charge < -0.3 is 5.32 Å². The van der Waals surface area contributed by atoms with Crippen LogP contribution in [0.1, 0.15) is 16.1 Å². The van der Waals surface area contributed by atoms with Gasteiger partial charge in [0.1, 0.15) is 0 Å². The van der Waals surface area contributed by atoms with Crippen LogP contribution in [0.15, 0.2) is 77.3 Å². The molecule has 5 aromatic rings. The fourth-order valence-electron chi connectivity index (χ4n) is 3.49. The van der Waals surface area contributed by atoms with Crippen molar-refractivity contribution in [2.75, 3.05) is 5.32 Å². The minimum absolute atomic E-state index is 0.181. The number of carbonyl (C=O) groups is 1. The molecule has 3 aromatic carbocycles. The van der Waals surface area contributed by atoms with E-state index >= 15 is 0 Å². The van der Waals surface area contributed by atoms with Crippen LogP contribution in [0, 0.1) is 6.92 Å². The summed E-state index contributed by atoms with van der Waals surface area (Å²) in [7, 11) is 0. The topological polar surface area (TPSA) is 72.2 Å². The summed E-state index contributed by atoms with van der Waals surface area (Å²) in [4.78, 5) is 12.6. The van der Waals surface area contributed by atoms with Crippen LogP contribution >= 0.6 is 15.9 Å². The molecule has 0 aliphatic rings. The highest BCUT2D eigenvalue weighted by molar-refractivity contribution is 9.10. The SMILES string of the molecule is Cc1nn2c(-c3cccc(NC(=O)c4cccc(Br)c4)c3)nnc2c2ccccc12. The minimum Gasteiger partial charge on any atom is -0.322 e. The van der Waals surface area contributed by atoms with E-state index in [0.29, 0.717) is 22.7 Å². The number of anilines is 1. The van der Waals surface area contributed by atoms with Gasteiger partial charge in [0.15, 0.2) is 11.5 Å². The Hall–Kier alpha value is -3.58. The van der Waals surface area contributed by atoms with E-state index in [4.69, 9.17) is 0 Å². The number of hydrogen-bond donors (Lipinski definition) is 1. The first-order valence-electron chi connectivity index (χ1n) is 9.38. The van der Waals surface area contributed by atoms with Gasteiger partial charge in [-0.3, -0.25) is 4.79 Å². The summed E-state index contributed by atoms with van der Waals surface area (Å²) in [5.74, 6) is 0.442. The molecule has 0 spiro atoms. The summed E-state index contributed by atoms with van der Waals surface area (Å²) >= 11 is 3.39. The lowest BCUT2D eigenvalue weighted by atomic mass is 10.1. The molecule has 0 bridgehead atoms. The molecule has 1 N–H and O–H groups in total. The highest BCUT2D eigenvalue weighted by atomic mass is 79.9. The number of amides is 1. The molecule has 0 atom stereocenters. The average Bonchev–Trinajstić information content (AvgIpc) is 3.18. The Kier molecular flexibility index (Phi) is 4.52. The fourth-order valence-corrected chi connectivity index (χ4v) is 3.89. The van der Waals surface area contributed by atoms with Crippen molar-refractivity contribution in [2.24, 2.45) is 0 Å². The summed E-state index contributed by atoms with van der Waals surface area (Å²) < 4.78 is 2.61. The standard InChI is InChI=1S/C23H16BrN5O/c1-14-19-10-2-3-11-20(19)22-27-26-21(29(22)28-14)15-6-5-9-18(13-15)25-23(30)16-7-4-8-17(24)12-16/h2-13H,1H3,(H,25,30). The van der Waals surface area contributed by atoms with E-state index in [0.717, 1.165) is 26.5 Å². The number of carbonyl (C=O) groups excluding carboxylic acids is 1. The Labute approximate surface area is 180 Å². The van der Waals surface area contributed by atoms with Gasteiger partial charge in [-0.05, 0) is 37.3 Å². The summed E-state index contributed by atoms with van der Waals surface area (Å²) in [6, 6.07) is 22.8. The van der Waals surface area contributed by atoms with Crippen molar-refractivity contribution in [2.45, 2.75) is 6.92 Å². The molecule has 5 rings (SSSR count). The van der Waals surface area contributed by atoms with Crippen molar-refractivity contribution in [3.63, 3.8) is 0 Å². The summed E-state index contributed by atoms with van der Waals surface area (Å²) in [5.41, 5.74) is 3.67. The number of aryl methyl sites for hydroxylation is 1. The zero-order valence-corrected chi connectivity index (χ0v) is 17.6. The van der Waals surface area contributed by atoms with Gasteiger partial charge in [0.2, 0.25) is 0 Å². The number of halogens is 1. The molecular weight excluding hydrogens is 442 g/mol. The number of fused-ring (bicyclic) bond motifs is 3. The molecule has 0 radical (unpaired) electrons. The van der Waals surface area contributed by atoms with Gasteiger partial charge in [-0.15, -0.1) is 10.2 Å². The maximum atomic E-state index is 12.6. The van der Waals surface area contributed by atoms with Crippen molar-refractivity contribution >= 4 is 43.9 Å². The first-order chi connectivity index (χ1) is 14.6. The lowest BCUT2D eigenvalue weighted by molar-refractivity contribution is 0.102. The molecule has 0 aliphatic heterocycles. The van der Waals surface area contributed by atoms with Crippen LogP contribution in [0.3, 0.4) is 0 Å². The molecule has 0 fully saturated rings. The molecule has 30 heavy (non-hydrogen) atoms. The van der Waals surface area contributed by atoms with Gasteiger partial charge in [-0.1, -0.05) is 58.4 Å². The largest absolute Gasteiger partial charge is 0.322 e. The normalized spacial score (nSPS) is 11.1. The Morgan fingerprint density at radius 2 is 1.73 bits per heavy atom. The first-order valence-corrected chi connectivity index (χ1v) is 10.2. The quantitative estimate of drug-likeness (QED) is 0.400. The van der Waals surface area contributed by atoms with E-state index in [-0.39, 0.29) is 5.91 Å². The van der Waals surface area contributed by atoms with E-state index < -0.39 is 0 Å². The molecular formula is C23H16BrN5O. The van der Waals surface area contributed by atoms with Gasteiger partial charge >= 0.3 is 0 Å². The second-order valence-electron chi connectivity index (χ2n) is 6.94. The van der Waals surface area contributed by atoms with Gasteiger partial charge in [0.05, 0.1) is 5.69 Å². The second kappa shape index (κ2) is 7.35. The van der Waals surface area contributed by atoms with Crippen LogP contribution < -0.4 is 5.32 Å². The number of hydrogen-bond acceptors (Lipinski definition) is 4. The molecule has 0 saturated heterocycles. The van der Waals surface area contributed by atoms with Crippen molar-refractivity contribution in [1.29, 1.82) is 0 Å². The maximum absolute atomic E-state index is 12.6. The highest BCUT2D eigenvalue weighted by Gasteiger charge is 2.14. The van der Waals surface area contributed by atoms with Crippen LogP contribution in [-0.2, 0) is 0 Å². The van der Waals surface area contributed by atoms with Crippen LogP contribution in [0.25, 0.3) is 27.8 Å². The smallest absolute Gasteiger partial charge is 0.255 e. The van der Waals surface area contributed by atoms with Gasteiger partial charge in [0.25, 0.3) is 5.91 Å². The van der Waals surface area contributed by atoms with Crippen molar-refractivity contribution in [3.8, 4) is 11.4 Å². The predicted molar refractivity (Wildman–Crippen MR) is 121 cm³/mol. The Bertz CT molecular complexity index is 1430. The lowest BCUT2D eigenvalue weighted by Crippen LogP contribution is -2.11. The molecule has 2 aromatic heterocycles. The van der Waals surface area contributed by atoms with Crippen LogP contribution in [0.4, 0.5) is 5.69 Å². The Morgan fingerprint density at radius 1 is 0.933 bits per heavy atom. The Morgan fingerprint density at radius 3 is 2.57 bits per heavy atom. The van der Waals surface area contributed by atoms with E-state index in [1.807, 2.05) is 67.6 Å². The molecule has 7 heteroatoms. The molecule has 146 valence electrons. The monoisotopic (exact) mass is 457 g/mol. The van der Waals surface area contributed by atoms with E-state index in [2.05, 4.69) is 36.5 Å². The number of nitrogens with zero attached hydrogens (tertiary/aromatic N) is 4.